The van der Waals surface area contributed by atoms with Crippen LogP contribution in [0.5, 0.6) is 0 Å². The average Bonchev–Trinajstić information content (AvgIpc) is 2.34. The fourth-order valence-corrected chi connectivity index (χ4v) is 3.10. The number of nitrogens with two attached hydrogens (primary N) is 1. The van der Waals surface area contributed by atoms with Crippen molar-refractivity contribution in [1.29, 1.82) is 0 Å². The molecule has 0 aliphatic carbocycles. The molecule has 0 saturated carbocycles. The van der Waals surface area contributed by atoms with E-state index in [1.807, 2.05) is 6.92 Å². The van der Waals surface area contributed by atoms with Gasteiger partial charge in [-0.2, -0.15) is 4.31 Å². The summed E-state index contributed by atoms with van der Waals surface area (Å²) in [5, 5.41) is 0. The largest absolute Gasteiger partial charge is 0.330 e. The molecule has 0 aliphatic heterocycles. The average molecular weight is 275 g/mol. The Kier molecular flexibility index (Phi) is 5.64. The van der Waals surface area contributed by atoms with Crippen molar-refractivity contribution in [2.24, 2.45) is 5.73 Å². The van der Waals surface area contributed by atoms with Crippen molar-refractivity contribution in [2.75, 3.05) is 19.6 Å². The van der Waals surface area contributed by atoms with Crippen molar-refractivity contribution in [3.05, 3.63) is 24.3 Å². The Morgan fingerprint density at radius 1 is 1.39 bits per heavy atom. The predicted molar refractivity (Wildman–Crippen MR) is 66.9 cm³/mol. The van der Waals surface area contributed by atoms with Gasteiger partial charge < -0.3 is 5.73 Å². The van der Waals surface area contributed by atoms with Gasteiger partial charge in [-0.15, -0.1) is 0 Å². The van der Waals surface area contributed by atoms with Crippen LogP contribution in [0.3, 0.4) is 0 Å². The van der Waals surface area contributed by atoms with E-state index in [0.717, 1.165) is 18.5 Å². The second kappa shape index (κ2) is 6.77. The fourth-order valence-electron chi connectivity index (χ4n) is 1.55. The summed E-state index contributed by atoms with van der Waals surface area (Å²) in [7, 11) is -3.68. The van der Waals surface area contributed by atoms with Crippen LogP contribution in [0.4, 0.5) is 4.39 Å². The Hall–Kier alpha value is -1.05. The standard InChI is InChI=1S/C11H18FN3O2S/c1-2-5-15(6-3-4-13)18(16,17)11-7-10(12)8-14-9-11/h7-9H,2-6,13H2,1H3. The second-order valence-corrected chi connectivity index (χ2v) is 5.82. The molecule has 1 aromatic heterocycles. The first-order valence-corrected chi connectivity index (χ1v) is 7.27. The molecule has 102 valence electrons. The highest BCUT2D eigenvalue weighted by atomic mass is 32.2. The molecule has 1 rings (SSSR count). The van der Waals surface area contributed by atoms with E-state index in [2.05, 4.69) is 4.98 Å². The molecule has 2 N–H and O–H groups in total. The van der Waals surface area contributed by atoms with E-state index < -0.39 is 15.8 Å². The number of sulfonamides is 1. The zero-order chi connectivity index (χ0) is 13.6. The minimum absolute atomic E-state index is 0.118. The highest BCUT2D eigenvalue weighted by Gasteiger charge is 2.23. The van der Waals surface area contributed by atoms with Gasteiger partial charge in [0.25, 0.3) is 0 Å². The van der Waals surface area contributed by atoms with Crippen molar-refractivity contribution < 1.29 is 12.8 Å². The molecule has 0 fully saturated rings. The number of aromatic nitrogens is 1. The molecule has 1 heterocycles. The lowest BCUT2D eigenvalue weighted by atomic mass is 10.4. The third-order valence-corrected chi connectivity index (χ3v) is 4.27. The molecule has 5 nitrogen and oxygen atoms in total. The van der Waals surface area contributed by atoms with Crippen molar-refractivity contribution >= 4 is 10.0 Å². The van der Waals surface area contributed by atoms with Gasteiger partial charge >= 0.3 is 0 Å². The summed E-state index contributed by atoms with van der Waals surface area (Å²) in [4.78, 5) is 3.45. The topological polar surface area (TPSA) is 76.3 Å². The maximum Gasteiger partial charge on any atom is 0.244 e. The van der Waals surface area contributed by atoms with Crippen molar-refractivity contribution in [3.8, 4) is 0 Å². The summed E-state index contributed by atoms with van der Waals surface area (Å²) >= 11 is 0. The molecule has 18 heavy (non-hydrogen) atoms. The Labute approximate surface area is 107 Å². The quantitative estimate of drug-likeness (QED) is 0.804. The zero-order valence-electron chi connectivity index (χ0n) is 10.3. The number of nitrogens with zero attached hydrogens (tertiary/aromatic N) is 2. The molecule has 0 radical (unpaired) electrons. The number of hydrogen-bond acceptors (Lipinski definition) is 4. The summed E-state index contributed by atoms with van der Waals surface area (Å²) in [5.74, 6) is -0.661. The van der Waals surface area contributed by atoms with Crippen molar-refractivity contribution in [2.45, 2.75) is 24.7 Å². The predicted octanol–water partition coefficient (Wildman–Crippen LogP) is 0.970. The van der Waals surface area contributed by atoms with Gasteiger partial charge in [0.15, 0.2) is 0 Å². The number of pyridine rings is 1. The highest BCUT2D eigenvalue weighted by Crippen LogP contribution is 2.16. The molecule has 0 atom stereocenters. The summed E-state index contributed by atoms with van der Waals surface area (Å²) in [5.41, 5.74) is 5.39. The Balaban J connectivity index is 3.00. The van der Waals surface area contributed by atoms with Gasteiger partial charge in [-0.25, -0.2) is 12.8 Å². The number of halogens is 1. The minimum Gasteiger partial charge on any atom is -0.330 e. The van der Waals surface area contributed by atoms with Gasteiger partial charge in [0.1, 0.15) is 10.7 Å². The van der Waals surface area contributed by atoms with E-state index in [4.69, 9.17) is 5.73 Å². The van der Waals surface area contributed by atoms with E-state index in [1.54, 1.807) is 0 Å². The Bertz CT molecular complexity index is 479. The van der Waals surface area contributed by atoms with Crippen LogP contribution in [-0.2, 0) is 10.0 Å². The fraction of sp³-hybridized carbons (Fsp3) is 0.545. The highest BCUT2D eigenvalue weighted by molar-refractivity contribution is 7.89. The molecule has 0 unspecified atom stereocenters. The van der Waals surface area contributed by atoms with Crippen LogP contribution in [-0.4, -0.2) is 37.3 Å². The van der Waals surface area contributed by atoms with E-state index in [9.17, 15) is 12.8 Å². The van der Waals surface area contributed by atoms with E-state index in [0.29, 0.717) is 32.5 Å². The Morgan fingerprint density at radius 3 is 2.67 bits per heavy atom. The molecule has 0 aliphatic rings. The maximum atomic E-state index is 13.0. The zero-order valence-corrected chi connectivity index (χ0v) is 11.2. The minimum atomic E-state index is -3.68. The lowest BCUT2D eigenvalue weighted by Gasteiger charge is -2.21. The molecular weight excluding hydrogens is 257 g/mol. The van der Waals surface area contributed by atoms with Gasteiger partial charge in [-0.3, -0.25) is 4.98 Å². The lowest BCUT2D eigenvalue weighted by Crippen LogP contribution is -2.33. The SMILES string of the molecule is CCCN(CCCN)S(=O)(=O)c1cncc(F)c1. The molecule has 7 heteroatoms. The first kappa shape index (κ1) is 15.0. The van der Waals surface area contributed by atoms with Crippen molar-refractivity contribution in [1.82, 2.24) is 9.29 Å². The normalized spacial score (nSPS) is 12.0. The molecular formula is C11H18FN3O2S. The Morgan fingerprint density at radius 2 is 2.11 bits per heavy atom. The van der Waals surface area contributed by atoms with Crippen molar-refractivity contribution in [3.63, 3.8) is 0 Å². The summed E-state index contributed by atoms with van der Waals surface area (Å²) in [6.45, 7) is 3.02. The number of rotatable bonds is 7. The van der Waals surface area contributed by atoms with E-state index in [-0.39, 0.29) is 4.90 Å². The lowest BCUT2D eigenvalue weighted by molar-refractivity contribution is 0.405. The van der Waals surface area contributed by atoms with E-state index >= 15 is 0 Å². The van der Waals surface area contributed by atoms with Gasteiger partial charge in [0.05, 0.1) is 6.20 Å². The summed E-state index contributed by atoms with van der Waals surface area (Å²) in [6.07, 6.45) is 3.39. The van der Waals surface area contributed by atoms with Crippen LogP contribution in [0.15, 0.2) is 23.4 Å². The van der Waals surface area contributed by atoms with Crippen LogP contribution in [0.1, 0.15) is 19.8 Å². The van der Waals surface area contributed by atoms with E-state index in [1.165, 1.54) is 4.31 Å². The first-order valence-electron chi connectivity index (χ1n) is 5.83. The molecule has 0 amide bonds. The van der Waals surface area contributed by atoms with Gasteiger partial charge in [-0.05, 0) is 25.5 Å². The van der Waals surface area contributed by atoms with Crippen LogP contribution >= 0.6 is 0 Å². The number of hydrogen-bond donors (Lipinski definition) is 1. The molecule has 1 aromatic rings. The smallest absolute Gasteiger partial charge is 0.244 e. The van der Waals surface area contributed by atoms with Crippen LogP contribution in [0, 0.1) is 5.82 Å². The summed E-state index contributed by atoms with van der Waals surface area (Å²) in [6, 6.07) is 0.980. The molecule has 0 bridgehead atoms. The molecule has 0 spiro atoms. The molecule has 0 saturated heterocycles. The van der Waals surface area contributed by atoms with Crippen LogP contribution in [0.25, 0.3) is 0 Å². The molecule has 0 aromatic carbocycles. The third-order valence-electron chi connectivity index (χ3n) is 2.40. The summed E-state index contributed by atoms with van der Waals surface area (Å²) < 4.78 is 38.9. The second-order valence-electron chi connectivity index (χ2n) is 3.89. The maximum absolute atomic E-state index is 13.0. The monoisotopic (exact) mass is 275 g/mol. The third kappa shape index (κ3) is 3.72. The van der Waals surface area contributed by atoms with Gasteiger partial charge in [-0.1, -0.05) is 6.92 Å². The van der Waals surface area contributed by atoms with Gasteiger partial charge in [0.2, 0.25) is 10.0 Å². The van der Waals surface area contributed by atoms with Crippen LogP contribution < -0.4 is 5.73 Å². The van der Waals surface area contributed by atoms with Gasteiger partial charge in [0, 0.05) is 19.3 Å². The first-order chi connectivity index (χ1) is 8.52. The van der Waals surface area contributed by atoms with Crippen LogP contribution in [0.2, 0.25) is 0 Å².